The third-order valence-corrected chi connectivity index (χ3v) is 6.28. The van der Waals surface area contributed by atoms with Crippen molar-refractivity contribution in [2.24, 2.45) is 5.92 Å². The number of nitro groups is 1. The minimum absolute atomic E-state index is 0.0434. The van der Waals surface area contributed by atoms with Gasteiger partial charge in [0.2, 0.25) is 0 Å². The van der Waals surface area contributed by atoms with Crippen LogP contribution in [0, 0.1) is 16.0 Å². The van der Waals surface area contributed by atoms with E-state index in [0.717, 1.165) is 38.3 Å². The van der Waals surface area contributed by atoms with Crippen molar-refractivity contribution < 1.29 is 14.6 Å². The number of benzene rings is 1. The second kappa shape index (κ2) is 8.69. The van der Waals surface area contributed by atoms with Gasteiger partial charge < -0.3 is 15.1 Å². The smallest absolute Gasteiger partial charge is 0.278 e. The lowest BCUT2D eigenvalue weighted by Gasteiger charge is -2.37. The van der Waals surface area contributed by atoms with Gasteiger partial charge in [-0.05, 0) is 37.8 Å². The number of non-ortho nitro benzene ring substituents is 1. The molecular formula is C20H31N4O3+. The zero-order valence-corrected chi connectivity index (χ0v) is 16.3. The van der Waals surface area contributed by atoms with Crippen LogP contribution in [0.25, 0.3) is 0 Å². The van der Waals surface area contributed by atoms with Gasteiger partial charge in [0.15, 0.2) is 6.04 Å². The largest absolute Gasteiger partial charge is 0.360 e. The Morgan fingerprint density at radius 2 is 1.85 bits per heavy atom. The van der Waals surface area contributed by atoms with E-state index in [-0.39, 0.29) is 22.6 Å². The van der Waals surface area contributed by atoms with E-state index in [9.17, 15) is 14.9 Å². The molecule has 0 bridgehead atoms. The molecule has 1 heterocycles. The lowest BCUT2D eigenvalue weighted by molar-refractivity contribution is -0.914. The highest BCUT2D eigenvalue weighted by atomic mass is 16.6. The quantitative estimate of drug-likeness (QED) is 0.602. The predicted octanol–water partition coefficient (Wildman–Crippen LogP) is 1.38. The van der Waals surface area contributed by atoms with Crippen LogP contribution in [0.15, 0.2) is 24.3 Å². The molecular weight excluding hydrogens is 344 g/mol. The van der Waals surface area contributed by atoms with Gasteiger partial charge in [-0.25, -0.2) is 0 Å². The Kier molecular flexibility index (Phi) is 6.31. The van der Waals surface area contributed by atoms with Crippen molar-refractivity contribution in [2.75, 3.05) is 31.1 Å². The standard InChI is InChI=1S/C20H30N4O3/c1-15-5-3-4-6-19(15)21-20(25)16(2)22-11-13-23(14-12-22)17-7-9-18(10-8-17)24(26)27/h7-10,15-16,19H,3-6,11-14H2,1-2H3,(H,21,25)/p+1/t15-,16+,19+/m0/s1. The van der Waals surface area contributed by atoms with Crippen LogP contribution in [0.1, 0.15) is 39.5 Å². The van der Waals surface area contributed by atoms with E-state index in [1.807, 2.05) is 19.1 Å². The minimum atomic E-state index is -0.376. The van der Waals surface area contributed by atoms with Crippen molar-refractivity contribution in [1.29, 1.82) is 0 Å². The van der Waals surface area contributed by atoms with Crippen molar-refractivity contribution in [3.8, 4) is 0 Å². The molecule has 1 aromatic rings. The Balaban J connectivity index is 1.50. The predicted molar refractivity (Wildman–Crippen MR) is 105 cm³/mol. The molecule has 2 aliphatic rings. The van der Waals surface area contributed by atoms with Gasteiger partial charge in [-0.2, -0.15) is 0 Å². The molecule has 0 spiro atoms. The van der Waals surface area contributed by atoms with Crippen LogP contribution in [0.4, 0.5) is 11.4 Å². The second-order valence-electron chi connectivity index (χ2n) is 8.02. The summed E-state index contributed by atoms with van der Waals surface area (Å²) in [5.74, 6) is 0.747. The fourth-order valence-electron chi connectivity index (χ4n) is 4.29. The number of anilines is 1. The van der Waals surface area contributed by atoms with Crippen molar-refractivity contribution in [3.63, 3.8) is 0 Å². The molecule has 2 fully saturated rings. The van der Waals surface area contributed by atoms with E-state index in [0.29, 0.717) is 12.0 Å². The van der Waals surface area contributed by atoms with Gasteiger partial charge in [0.05, 0.1) is 31.1 Å². The molecule has 1 amide bonds. The topological polar surface area (TPSA) is 79.9 Å². The minimum Gasteiger partial charge on any atom is -0.360 e. The molecule has 1 aliphatic heterocycles. The van der Waals surface area contributed by atoms with Crippen LogP contribution in [0.2, 0.25) is 0 Å². The van der Waals surface area contributed by atoms with Gasteiger partial charge in [0, 0.05) is 23.9 Å². The molecule has 1 saturated heterocycles. The summed E-state index contributed by atoms with van der Waals surface area (Å²) in [6.45, 7) is 7.76. The molecule has 7 nitrogen and oxygen atoms in total. The molecule has 1 aliphatic carbocycles. The van der Waals surface area contributed by atoms with E-state index in [1.165, 1.54) is 24.2 Å². The first kappa shape index (κ1) is 19.6. The number of hydrogen-bond donors (Lipinski definition) is 2. The van der Waals surface area contributed by atoms with Crippen molar-refractivity contribution in [2.45, 2.75) is 51.6 Å². The first-order valence-corrected chi connectivity index (χ1v) is 10.1. The zero-order chi connectivity index (χ0) is 19.4. The SMILES string of the molecule is C[C@H](C(=O)N[C@@H]1CCCC[C@@H]1C)[NH+]1CCN(c2ccc([N+](=O)[O-])cc2)CC1. The number of carbonyl (C=O) groups excluding carboxylic acids is 1. The Morgan fingerprint density at radius 3 is 2.44 bits per heavy atom. The van der Waals surface area contributed by atoms with Gasteiger partial charge in [0.25, 0.3) is 11.6 Å². The monoisotopic (exact) mass is 375 g/mol. The number of amides is 1. The summed E-state index contributed by atoms with van der Waals surface area (Å²) in [6, 6.07) is 7.01. The maximum atomic E-state index is 12.7. The van der Waals surface area contributed by atoms with Gasteiger partial charge in [-0.3, -0.25) is 14.9 Å². The van der Waals surface area contributed by atoms with Gasteiger partial charge >= 0.3 is 0 Å². The van der Waals surface area contributed by atoms with Crippen molar-refractivity contribution >= 4 is 17.3 Å². The van der Waals surface area contributed by atoms with Crippen LogP contribution in [0.5, 0.6) is 0 Å². The molecule has 0 aromatic heterocycles. The Bertz CT molecular complexity index is 656. The zero-order valence-electron chi connectivity index (χ0n) is 16.3. The lowest BCUT2D eigenvalue weighted by Crippen LogP contribution is -3.19. The third-order valence-electron chi connectivity index (χ3n) is 6.28. The number of nitrogens with one attached hydrogen (secondary N) is 2. The number of hydrogen-bond acceptors (Lipinski definition) is 4. The molecule has 1 saturated carbocycles. The van der Waals surface area contributed by atoms with Crippen LogP contribution in [-0.2, 0) is 4.79 Å². The number of rotatable bonds is 5. The van der Waals surface area contributed by atoms with Crippen LogP contribution in [-0.4, -0.2) is 49.1 Å². The molecule has 0 radical (unpaired) electrons. The average Bonchev–Trinajstić information content (AvgIpc) is 2.69. The number of piperazine rings is 1. The molecule has 148 valence electrons. The molecule has 0 unspecified atom stereocenters. The average molecular weight is 375 g/mol. The highest BCUT2D eigenvalue weighted by Crippen LogP contribution is 2.23. The molecule has 1 aromatic carbocycles. The number of quaternary nitrogens is 1. The van der Waals surface area contributed by atoms with E-state index >= 15 is 0 Å². The number of nitrogens with zero attached hydrogens (tertiary/aromatic N) is 2. The van der Waals surface area contributed by atoms with Gasteiger partial charge in [-0.1, -0.05) is 19.8 Å². The second-order valence-corrected chi connectivity index (χ2v) is 8.02. The molecule has 7 heteroatoms. The summed E-state index contributed by atoms with van der Waals surface area (Å²) in [6.07, 6.45) is 4.80. The van der Waals surface area contributed by atoms with E-state index in [1.54, 1.807) is 12.1 Å². The molecule has 2 N–H and O–H groups in total. The lowest BCUT2D eigenvalue weighted by atomic mass is 9.86. The van der Waals surface area contributed by atoms with Gasteiger partial charge in [-0.15, -0.1) is 0 Å². The highest BCUT2D eigenvalue weighted by Gasteiger charge is 2.32. The fourth-order valence-corrected chi connectivity index (χ4v) is 4.29. The Morgan fingerprint density at radius 1 is 1.22 bits per heavy atom. The third kappa shape index (κ3) is 4.77. The molecule has 27 heavy (non-hydrogen) atoms. The van der Waals surface area contributed by atoms with Crippen molar-refractivity contribution in [1.82, 2.24) is 5.32 Å². The van der Waals surface area contributed by atoms with Crippen LogP contribution in [0.3, 0.4) is 0 Å². The summed E-state index contributed by atoms with van der Waals surface area (Å²) < 4.78 is 0. The summed E-state index contributed by atoms with van der Waals surface area (Å²) in [4.78, 5) is 26.7. The summed E-state index contributed by atoms with van der Waals surface area (Å²) in [5, 5.41) is 14.1. The fraction of sp³-hybridized carbons (Fsp3) is 0.650. The van der Waals surface area contributed by atoms with Gasteiger partial charge in [0.1, 0.15) is 0 Å². The van der Waals surface area contributed by atoms with E-state index in [4.69, 9.17) is 0 Å². The summed E-state index contributed by atoms with van der Waals surface area (Å²) in [7, 11) is 0. The number of nitro benzene ring substituents is 1. The normalized spacial score (nSPS) is 25.0. The maximum Gasteiger partial charge on any atom is 0.278 e. The Hall–Kier alpha value is -2.15. The summed E-state index contributed by atoms with van der Waals surface area (Å²) in [5.41, 5.74) is 1.12. The van der Waals surface area contributed by atoms with Crippen LogP contribution >= 0.6 is 0 Å². The van der Waals surface area contributed by atoms with E-state index in [2.05, 4.69) is 17.1 Å². The van der Waals surface area contributed by atoms with Crippen LogP contribution < -0.4 is 15.1 Å². The maximum absolute atomic E-state index is 12.7. The van der Waals surface area contributed by atoms with E-state index < -0.39 is 0 Å². The first-order valence-electron chi connectivity index (χ1n) is 10.1. The molecule has 3 atom stereocenters. The highest BCUT2D eigenvalue weighted by molar-refractivity contribution is 5.80. The van der Waals surface area contributed by atoms with Crippen molar-refractivity contribution in [3.05, 3.63) is 34.4 Å². The first-order chi connectivity index (χ1) is 13.0. The number of carbonyl (C=O) groups is 1. The summed E-state index contributed by atoms with van der Waals surface area (Å²) >= 11 is 0. The molecule has 3 rings (SSSR count). The Labute approximate surface area is 160 Å².